The maximum absolute atomic E-state index is 11.3. The van der Waals surface area contributed by atoms with Gasteiger partial charge in [-0.1, -0.05) is 13.8 Å². The molecule has 0 bridgehead atoms. The Morgan fingerprint density at radius 1 is 1.24 bits per heavy atom. The van der Waals surface area contributed by atoms with E-state index in [1.54, 1.807) is 6.92 Å². The summed E-state index contributed by atoms with van der Waals surface area (Å²) in [5.74, 6) is -1.73. The van der Waals surface area contributed by atoms with Gasteiger partial charge in [0.05, 0.1) is 31.9 Å². The van der Waals surface area contributed by atoms with Crippen molar-refractivity contribution in [2.24, 2.45) is 5.41 Å². The third-order valence-electron chi connectivity index (χ3n) is 3.79. The number of carboxylic acid groups (broad SMARTS) is 1. The van der Waals surface area contributed by atoms with Crippen LogP contribution in [0.2, 0.25) is 0 Å². The summed E-state index contributed by atoms with van der Waals surface area (Å²) in [5.41, 5.74) is 0.328. The number of hydrogen-bond acceptors (Lipinski definition) is 8. The molecule has 1 amide bonds. The third-order valence-corrected chi connectivity index (χ3v) is 3.79. The van der Waals surface area contributed by atoms with E-state index in [1.807, 2.05) is 0 Å². The van der Waals surface area contributed by atoms with E-state index < -0.39 is 23.4 Å². The van der Waals surface area contributed by atoms with E-state index in [0.717, 1.165) is 0 Å². The average Bonchev–Trinajstić information content (AvgIpc) is 2.63. The monoisotopic (exact) mass is 466 g/mol. The molecule has 12 heteroatoms. The maximum Gasteiger partial charge on any atom is 2.00 e. The third kappa shape index (κ3) is 11.3. The Labute approximate surface area is 208 Å². The number of aromatic nitrogens is 1. The second-order valence-electron chi connectivity index (χ2n) is 6.50. The molecule has 0 saturated carbocycles. The molecule has 166 valence electrons. The molecule has 1 rings (SSSR count). The van der Waals surface area contributed by atoms with Gasteiger partial charge >= 0.3 is 43.7 Å². The summed E-state index contributed by atoms with van der Waals surface area (Å²) in [6.45, 7) is 3.83. The van der Waals surface area contributed by atoms with Crippen molar-refractivity contribution < 1.29 is 43.1 Å². The number of aromatic hydroxyl groups is 1. The Hall–Kier alpha value is -0.720. The van der Waals surface area contributed by atoms with Crippen LogP contribution in [0.25, 0.3) is 0 Å². The Bertz CT molecular complexity index is 657. The van der Waals surface area contributed by atoms with E-state index in [-0.39, 0.29) is 91.5 Å². The molecule has 0 spiro atoms. The number of hydrogen-bond donors (Lipinski definition) is 7. The van der Waals surface area contributed by atoms with Crippen molar-refractivity contribution >= 4 is 62.0 Å². The Balaban J connectivity index is -0.000000131. The van der Waals surface area contributed by atoms with Crippen LogP contribution < -0.4 is 5.32 Å². The predicted molar refractivity (Wildman–Crippen MR) is 110 cm³/mol. The smallest absolute Gasteiger partial charge is 1.00 e. The fourth-order valence-corrected chi connectivity index (χ4v) is 1.83. The first-order valence-corrected chi connectivity index (χ1v) is 8.18. The van der Waals surface area contributed by atoms with Gasteiger partial charge in [0.1, 0.15) is 11.9 Å². The van der Waals surface area contributed by atoms with E-state index in [0.29, 0.717) is 16.8 Å². The molecule has 0 unspecified atom stereocenters. The minimum atomic E-state index is -1.35. The van der Waals surface area contributed by atoms with Crippen molar-refractivity contribution in [1.82, 2.24) is 10.3 Å². The number of rotatable bonds is 8. The molecule has 10 nitrogen and oxygen atoms in total. The fourth-order valence-electron chi connectivity index (χ4n) is 1.83. The van der Waals surface area contributed by atoms with Crippen molar-refractivity contribution in [3.8, 4) is 5.75 Å². The van der Waals surface area contributed by atoms with Crippen molar-refractivity contribution in [3.63, 3.8) is 0 Å². The zero-order valence-corrected chi connectivity index (χ0v) is 19.8. The van der Waals surface area contributed by atoms with Crippen molar-refractivity contribution in [1.29, 1.82) is 0 Å². The number of aliphatic hydroxyl groups is 4. The first-order chi connectivity index (χ1) is 12.5. The van der Waals surface area contributed by atoms with E-state index in [9.17, 15) is 19.8 Å². The molecule has 1 aromatic heterocycles. The Morgan fingerprint density at radius 2 is 1.79 bits per heavy atom. The summed E-state index contributed by atoms with van der Waals surface area (Å²) >= 11 is 0. The molecule has 0 fully saturated rings. The summed E-state index contributed by atoms with van der Waals surface area (Å²) in [6, 6.07) is 0. The molecular formula is C17H31CaClN2O8. The molecule has 7 N–H and O–H groups in total. The number of pyridine rings is 1. The molecule has 0 aromatic carbocycles. The van der Waals surface area contributed by atoms with Crippen molar-refractivity contribution in [2.45, 2.75) is 46.5 Å². The van der Waals surface area contributed by atoms with E-state index in [2.05, 4.69) is 10.3 Å². The molecular weight excluding hydrogens is 436 g/mol. The fraction of sp³-hybridized carbons (Fsp3) is 0.588. The van der Waals surface area contributed by atoms with Crippen LogP contribution >= 0.6 is 12.4 Å². The van der Waals surface area contributed by atoms with Gasteiger partial charge in [-0.25, -0.2) is 0 Å². The SMILES string of the molecule is CC(C)(CO)[C@@H](O)C(=O)NCCC(=O)O.Cc1ncc(CO)c(CO)c1O.Cl.[Ca+2].[H-].[H-]. The largest absolute Gasteiger partial charge is 2.00 e. The van der Waals surface area contributed by atoms with E-state index in [1.165, 1.54) is 20.0 Å². The minimum Gasteiger partial charge on any atom is -1.00 e. The summed E-state index contributed by atoms with van der Waals surface area (Å²) in [7, 11) is 0. The Morgan fingerprint density at radius 3 is 2.21 bits per heavy atom. The number of nitrogens with zero attached hydrogens (tertiary/aromatic N) is 1. The molecule has 0 aliphatic carbocycles. The maximum atomic E-state index is 11.3. The van der Waals surface area contributed by atoms with Crippen LogP contribution in [-0.2, 0) is 22.8 Å². The molecule has 0 radical (unpaired) electrons. The summed E-state index contributed by atoms with van der Waals surface area (Å²) < 4.78 is 0. The van der Waals surface area contributed by atoms with Gasteiger partial charge in [0.15, 0.2) is 0 Å². The molecule has 0 saturated heterocycles. The van der Waals surface area contributed by atoms with Gasteiger partial charge in [-0.05, 0) is 6.92 Å². The number of aryl methyl sites for hydroxylation is 1. The molecule has 29 heavy (non-hydrogen) atoms. The van der Waals surface area contributed by atoms with Crippen LogP contribution in [0.5, 0.6) is 5.75 Å². The number of carbonyl (C=O) groups is 2. The molecule has 0 aliphatic rings. The number of amides is 1. The normalized spacial score (nSPS) is 11.1. The van der Waals surface area contributed by atoms with Gasteiger partial charge in [-0.3, -0.25) is 14.6 Å². The summed E-state index contributed by atoms with van der Waals surface area (Å²) in [6.07, 6.45) is -0.102. The van der Waals surface area contributed by atoms with Crippen LogP contribution in [0.4, 0.5) is 0 Å². The first kappa shape index (κ1) is 32.9. The first-order valence-electron chi connectivity index (χ1n) is 8.18. The number of aliphatic carboxylic acids is 1. The minimum absolute atomic E-state index is 0. The van der Waals surface area contributed by atoms with E-state index in [4.69, 9.17) is 20.4 Å². The Kier molecular flexibility index (Phi) is 18.2. The van der Waals surface area contributed by atoms with Crippen LogP contribution in [0.3, 0.4) is 0 Å². The molecule has 1 aromatic rings. The zero-order chi connectivity index (χ0) is 21.2. The summed E-state index contributed by atoms with van der Waals surface area (Å²) in [5, 5.41) is 56.0. The quantitative estimate of drug-likeness (QED) is 0.244. The van der Waals surface area contributed by atoms with Crippen molar-refractivity contribution in [2.75, 3.05) is 13.2 Å². The number of nitrogens with one attached hydrogen (secondary N) is 1. The van der Waals surface area contributed by atoms with Crippen molar-refractivity contribution in [3.05, 3.63) is 23.0 Å². The zero-order valence-electron chi connectivity index (χ0n) is 18.8. The molecule has 1 atom stereocenters. The number of halogens is 1. The van der Waals surface area contributed by atoms with Crippen LogP contribution in [0.1, 0.15) is 39.9 Å². The number of carboxylic acids is 1. The van der Waals surface area contributed by atoms with Gasteiger partial charge in [0.2, 0.25) is 5.91 Å². The van der Waals surface area contributed by atoms with Gasteiger partial charge < -0.3 is 38.8 Å². The standard InChI is InChI=1S/C9H17NO5.C8H11NO3.Ca.ClH.2H/c1-9(2,5-11)7(14)8(15)10-4-3-6(12)13;1-5-8(12)7(4-11)6(3-10)2-9-5;;;;/h7,11,14H,3-5H2,1-2H3,(H,10,15)(H,12,13);2,10-12H,3-4H2,1H3;;1H;;/q;;+2;;2*-1/t7-;;;;;/m0...../s1. The number of aliphatic hydroxyl groups excluding tert-OH is 4. The number of carbonyl (C=O) groups excluding carboxylic acids is 1. The van der Waals surface area contributed by atoms with Gasteiger partial charge in [0.25, 0.3) is 0 Å². The van der Waals surface area contributed by atoms with Crippen LogP contribution in [-0.4, -0.2) is 104 Å². The second-order valence-corrected chi connectivity index (χ2v) is 6.50. The molecule has 1 heterocycles. The van der Waals surface area contributed by atoms with Gasteiger partial charge in [-0.2, -0.15) is 0 Å². The predicted octanol–water partition coefficient (Wildman–Crippen LogP) is -0.697. The van der Waals surface area contributed by atoms with Crippen LogP contribution in [0.15, 0.2) is 6.20 Å². The van der Waals surface area contributed by atoms with Gasteiger partial charge in [-0.15, -0.1) is 12.4 Å². The second kappa shape index (κ2) is 16.0. The van der Waals surface area contributed by atoms with E-state index >= 15 is 0 Å². The summed E-state index contributed by atoms with van der Waals surface area (Å²) in [4.78, 5) is 25.3. The van der Waals surface area contributed by atoms with Crippen LogP contribution in [0, 0.1) is 12.3 Å². The molecule has 0 aliphatic heterocycles. The van der Waals surface area contributed by atoms with Gasteiger partial charge in [0, 0.05) is 29.3 Å². The topological polar surface area (TPSA) is 180 Å². The average molecular weight is 467 g/mol.